The SMILES string of the molecule is CNC(C)c1ccc(N(C)Cc2cccc(C)c2)nc1. The molecule has 20 heavy (non-hydrogen) atoms. The lowest BCUT2D eigenvalue weighted by Gasteiger charge is -2.19. The van der Waals surface area contributed by atoms with Gasteiger partial charge in [0.05, 0.1) is 0 Å². The number of anilines is 1. The first-order valence-corrected chi connectivity index (χ1v) is 7.00. The van der Waals surface area contributed by atoms with Crippen LogP contribution in [-0.2, 0) is 6.54 Å². The summed E-state index contributed by atoms with van der Waals surface area (Å²) in [5.41, 5.74) is 3.81. The maximum atomic E-state index is 4.55. The zero-order valence-electron chi connectivity index (χ0n) is 12.7. The monoisotopic (exact) mass is 269 g/mol. The topological polar surface area (TPSA) is 28.2 Å². The van der Waals surface area contributed by atoms with Crippen molar-refractivity contribution in [1.29, 1.82) is 0 Å². The van der Waals surface area contributed by atoms with E-state index in [-0.39, 0.29) is 0 Å². The molecule has 2 aromatic rings. The molecule has 1 aromatic heterocycles. The number of pyridine rings is 1. The van der Waals surface area contributed by atoms with Gasteiger partial charge in [0, 0.05) is 25.8 Å². The Hall–Kier alpha value is -1.87. The normalized spacial score (nSPS) is 12.2. The van der Waals surface area contributed by atoms with Gasteiger partial charge in [-0.05, 0) is 38.1 Å². The predicted octanol–water partition coefficient (Wildman–Crippen LogP) is 3.31. The van der Waals surface area contributed by atoms with Crippen molar-refractivity contribution in [2.24, 2.45) is 0 Å². The van der Waals surface area contributed by atoms with Crippen molar-refractivity contribution in [2.75, 3.05) is 19.0 Å². The summed E-state index contributed by atoms with van der Waals surface area (Å²) in [6.07, 6.45) is 1.95. The molecular formula is C17H23N3. The second kappa shape index (κ2) is 6.53. The number of nitrogens with one attached hydrogen (secondary N) is 1. The Morgan fingerprint density at radius 3 is 2.65 bits per heavy atom. The molecule has 1 aromatic carbocycles. The molecule has 2 rings (SSSR count). The summed E-state index contributed by atoms with van der Waals surface area (Å²) >= 11 is 0. The van der Waals surface area contributed by atoms with Crippen LogP contribution in [0.1, 0.15) is 29.7 Å². The number of hydrogen-bond donors (Lipinski definition) is 1. The Morgan fingerprint density at radius 1 is 1.25 bits per heavy atom. The third-order valence-electron chi connectivity index (χ3n) is 3.60. The largest absolute Gasteiger partial charge is 0.355 e. The van der Waals surface area contributed by atoms with Gasteiger partial charge in [0.15, 0.2) is 0 Å². The lowest BCUT2D eigenvalue weighted by atomic mass is 10.1. The van der Waals surface area contributed by atoms with Gasteiger partial charge in [-0.2, -0.15) is 0 Å². The quantitative estimate of drug-likeness (QED) is 0.902. The molecule has 1 atom stereocenters. The van der Waals surface area contributed by atoms with E-state index < -0.39 is 0 Å². The first kappa shape index (κ1) is 14.5. The van der Waals surface area contributed by atoms with Crippen LogP contribution in [0.2, 0.25) is 0 Å². The minimum absolute atomic E-state index is 0.332. The van der Waals surface area contributed by atoms with Crippen LogP contribution in [0.25, 0.3) is 0 Å². The Labute approximate surface area is 121 Å². The van der Waals surface area contributed by atoms with Crippen LogP contribution in [-0.4, -0.2) is 19.1 Å². The van der Waals surface area contributed by atoms with Crippen LogP contribution < -0.4 is 10.2 Å². The molecule has 0 radical (unpaired) electrons. The van der Waals surface area contributed by atoms with Gasteiger partial charge in [0.1, 0.15) is 5.82 Å². The Kier molecular flexibility index (Phi) is 4.74. The zero-order valence-corrected chi connectivity index (χ0v) is 12.7. The van der Waals surface area contributed by atoms with Gasteiger partial charge >= 0.3 is 0 Å². The molecule has 0 amide bonds. The highest BCUT2D eigenvalue weighted by Crippen LogP contribution is 2.17. The van der Waals surface area contributed by atoms with E-state index >= 15 is 0 Å². The van der Waals surface area contributed by atoms with E-state index in [9.17, 15) is 0 Å². The van der Waals surface area contributed by atoms with Crippen molar-refractivity contribution in [3.8, 4) is 0 Å². The average Bonchev–Trinajstić information content (AvgIpc) is 2.46. The van der Waals surface area contributed by atoms with Gasteiger partial charge in [0.25, 0.3) is 0 Å². The van der Waals surface area contributed by atoms with Crippen molar-refractivity contribution in [1.82, 2.24) is 10.3 Å². The number of benzene rings is 1. The van der Waals surface area contributed by atoms with Crippen molar-refractivity contribution in [3.63, 3.8) is 0 Å². The van der Waals surface area contributed by atoms with E-state index in [1.54, 1.807) is 0 Å². The maximum Gasteiger partial charge on any atom is 0.128 e. The van der Waals surface area contributed by atoms with E-state index in [0.717, 1.165) is 12.4 Å². The molecule has 0 aliphatic heterocycles. The molecule has 0 saturated carbocycles. The van der Waals surface area contributed by atoms with Crippen LogP contribution in [0.15, 0.2) is 42.6 Å². The Morgan fingerprint density at radius 2 is 2.05 bits per heavy atom. The fourth-order valence-electron chi connectivity index (χ4n) is 2.21. The van der Waals surface area contributed by atoms with E-state index in [2.05, 4.69) is 72.5 Å². The highest BCUT2D eigenvalue weighted by Gasteiger charge is 2.06. The number of rotatable bonds is 5. The van der Waals surface area contributed by atoms with Gasteiger partial charge in [-0.1, -0.05) is 35.9 Å². The van der Waals surface area contributed by atoms with Gasteiger partial charge in [-0.25, -0.2) is 4.98 Å². The van der Waals surface area contributed by atoms with Crippen LogP contribution in [0, 0.1) is 6.92 Å². The van der Waals surface area contributed by atoms with Gasteiger partial charge in [-0.3, -0.25) is 0 Å². The van der Waals surface area contributed by atoms with E-state index in [4.69, 9.17) is 0 Å². The summed E-state index contributed by atoms with van der Waals surface area (Å²) in [5, 5.41) is 3.22. The van der Waals surface area contributed by atoms with Crippen molar-refractivity contribution in [3.05, 3.63) is 59.3 Å². The summed E-state index contributed by atoms with van der Waals surface area (Å²) in [6.45, 7) is 5.12. The lowest BCUT2D eigenvalue weighted by molar-refractivity contribution is 0.649. The summed E-state index contributed by atoms with van der Waals surface area (Å²) in [6, 6.07) is 13.1. The minimum atomic E-state index is 0.332. The fraction of sp³-hybridized carbons (Fsp3) is 0.353. The molecule has 0 saturated heterocycles. The average molecular weight is 269 g/mol. The fourth-order valence-corrected chi connectivity index (χ4v) is 2.21. The van der Waals surface area contributed by atoms with E-state index in [1.807, 2.05) is 13.2 Å². The van der Waals surface area contributed by atoms with Gasteiger partial charge in [-0.15, -0.1) is 0 Å². The summed E-state index contributed by atoms with van der Waals surface area (Å²) in [7, 11) is 4.04. The summed E-state index contributed by atoms with van der Waals surface area (Å²) in [5.74, 6) is 0.999. The standard InChI is InChI=1S/C17H23N3/c1-13-6-5-7-15(10-13)12-20(4)17-9-8-16(11-19-17)14(2)18-3/h5-11,14,18H,12H2,1-4H3. The molecule has 106 valence electrons. The summed E-state index contributed by atoms with van der Waals surface area (Å²) in [4.78, 5) is 6.72. The molecule has 0 spiro atoms. The van der Waals surface area contributed by atoms with Gasteiger partial charge in [0.2, 0.25) is 0 Å². The highest BCUT2D eigenvalue weighted by molar-refractivity contribution is 5.40. The highest BCUT2D eigenvalue weighted by atomic mass is 15.2. The molecule has 0 bridgehead atoms. The predicted molar refractivity (Wildman–Crippen MR) is 85.0 cm³/mol. The molecule has 3 heteroatoms. The lowest BCUT2D eigenvalue weighted by Crippen LogP contribution is -2.18. The molecule has 1 unspecified atom stereocenters. The summed E-state index contributed by atoms with van der Waals surface area (Å²) < 4.78 is 0. The second-order valence-electron chi connectivity index (χ2n) is 5.31. The van der Waals surface area contributed by atoms with Gasteiger partial charge < -0.3 is 10.2 Å². The minimum Gasteiger partial charge on any atom is -0.355 e. The van der Waals surface area contributed by atoms with Crippen LogP contribution in [0.5, 0.6) is 0 Å². The van der Waals surface area contributed by atoms with Crippen molar-refractivity contribution in [2.45, 2.75) is 26.4 Å². The maximum absolute atomic E-state index is 4.55. The van der Waals surface area contributed by atoms with Crippen LogP contribution in [0.3, 0.4) is 0 Å². The number of hydrogen-bond acceptors (Lipinski definition) is 3. The van der Waals surface area contributed by atoms with Crippen molar-refractivity contribution < 1.29 is 0 Å². The Balaban J connectivity index is 2.07. The molecule has 1 heterocycles. The van der Waals surface area contributed by atoms with E-state index in [0.29, 0.717) is 6.04 Å². The Bertz CT molecular complexity index is 548. The zero-order chi connectivity index (χ0) is 14.5. The second-order valence-corrected chi connectivity index (χ2v) is 5.31. The first-order valence-electron chi connectivity index (χ1n) is 7.00. The first-order chi connectivity index (χ1) is 9.60. The smallest absolute Gasteiger partial charge is 0.128 e. The van der Waals surface area contributed by atoms with E-state index in [1.165, 1.54) is 16.7 Å². The molecule has 1 N–H and O–H groups in total. The molecule has 0 aliphatic rings. The number of nitrogens with zero attached hydrogens (tertiary/aromatic N) is 2. The molecule has 0 fully saturated rings. The molecule has 0 aliphatic carbocycles. The van der Waals surface area contributed by atoms with Crippen molar-refractivity contribution >= 4 is 5.82 Å². The van der Waals surface area contributed by atoms with Crippen LogP contribution >= 0.6 is 0 Å². The van der Waals surface area contributed by atoms with Crippen LogP contribution in [0.4, 0.5) is 5.82 Å². The number of aryl methyl sites for hydroxylation is 1. The third-order valence-corrected chi connectivity index (χ3v) is 3.60. The molecular weight excluding hydrogens is 246 g/mol. The number of aromatic nitrogens is 1. The molecule has 3 nitrogen and oxygen atoms in total. The third kappa shape index (κ3) is 3.58.